The molecule has 2 N–H and O–H groups in total. The SMILES string of the molecule is C[C@H](c1cccc2ccccc12)N(C[C@H]1CN(C(=O)N[C@H]2CC[C@H](C(=O)O)CC2)C[C@@H]1c1ccccc1)C(=O)OC(C)(C)C. The number of nitrogens with one attached hydrogen (secondary N) is 1. The number of aliphatic carboxylic acids is 1. The van der Waals surface area contributed by atoms with Crippen molar-refractivity contribution in [3.05, 3.63) is 83.9 Å². The molecule has 1 saturated heterocycles. The molecule has 0 bridgehead atoms. The summed E-state index contributed by atoms with van der Waals surface area (Å²) >= 11 is 0. The molecule has 0 unspecified atom stereocenters. The summed E-state index contributed by atoms with van der Waals surface area (Å²) in [6.45, 7) is 9.15. The number of ether oxygens (including phenoxy) is 1. The van der Waals surface area contributed by atoms with Crippen molar-refractivity contribution in [1.82, 2.24) is 15.1 Å². The van der Waals surface area contributed by atoms with Crippen LogP contribution in [-0.4, -0.2) is 64.3 Å². The summed E-state index contributed by atoms with van der Waals surface area (Å²) in [5, 5.41) is 14.7. The number of amides is 3. The molecule has 2 fully saturated rings. The molecule has 3 amide bonds. The smallest absolute Gasteiger partial charge is 0.410 e. The van der Waals surface area contributed by atoms with Crippen LogP contribution in [0.4, 0.5) is 9.59 Å². The van der Waals surface area contributed by atoms with E-state index in [0.29, 0.717) is 45.3 Å². The molecule has 44 heavy (non-hydrogen) atoms. The Kier molecular flexibility index (Phi) is 9.47. The third-order valence-electron chi connectivity index (χ3n) is 9.16. The standard InChI is InChI=1S/C36H45N3O5/c1-24(30-16-10-14-25-13-8-9-15-31(25)30)39(35(43)44-36(2,3)4)22-28-21-38(23-32(28)26-11-6-5-7-12-26)34(42)37-29-19-17-27(18-20-29)33(40)41/h5-16,24,27-29,32H,17-23H2,1-4H3,(H,37,42)(H,40,41)/t24-,27-,28-,29-,32-/m1/s1. The minimum Gasteiger partial charge on any atom is -0.481 e. The van der Waals surface area contributed by atoms with Crippen LogP contribution in [-0.2, 0) is 9.53 Å². The highest BCUT2D eigenvalue weighted by Gasteiger charge is 2.40. The van der Waals surface area contributed by atoms with E-state index in [0.717, 1.165) is 21.9 Å². The average molecular weight is 600 g/mol. The van der Waals surface area contributed by atoms with Crippen LogP contribution in [0.3, 0.4) is 0 Å². The molecule has 5 rings (SSSR count). The molecule has 1 saturated carbocycles. The first-order valence-electron chi connectivity index (χ1n) is 15.8. The van der Waals surface area contributed by atoms with Crippen LogP contribution in [0, 0.1) is 11.8 Å². The summed E-state index contributed by atoms with van der Waals surface area (Å²) in [5.41, 5.74) is 1.53. The molecular formula is C36H45N3O5. The molecule has 8 nitrogen and oxygen atoms in total. The van der Waals surface area contributed by atoms with E-state index in [9.17, 15) is 19.5 Å². The predicted octanol–water partition coefficient (Wildman–Crippen LogP) is 7.21. The van der Waals surface area contributed by atoms with Crippen molar-refractivity contribution >= 4 is 28.9 Å². The summed E-state index contributed by atoms with van der Waals surface area (Å²) in [7, 11) is 0. The number of carbonyl (C=O) groups is 3. The van der Waals surface area contributed by atoms with E-state index in [1.807, 2.05) is 67.0 Å². The summed E-state index contributed by atoms with van der Waals surface area (Å²) in [6.07, 6.45) is 2.11. The van der Waals surface area contributed by atoms with Gasteiger partial charge in [-0.15, -0.1) is 0 Å². The molecular weight excluding hydrogens is 554 g/mol. The third-order valence-corrected chi connectivity index (χ3v) is 9.16. The zero-order valence-electron chi connectivity index (χ0n) is 26.2. The molecule has 0 radical (unpaired) electrons. The summed E-state index contributed by atoms with van der Waals surface area (Å²) in [4.78, 5) is 42.5. The van der Waals surface area contributed by atoms with Gasteiger partial charge in [-0.05, 0) is 75.3 Å². The highest BCUT2D eigenvalue weighted by molar-refractivity contribution is 5.86. The number of carboxylic acid groups (broad SMARTS) is 1. The van der Waals surface area contributed by atoms with Crippen LogP contribution in [0.2, 0.25) is 0 Å². The molecule has 1 aliphatic heterocycles. The number of urea groups is 1. The van der Waals surface area contributed by atoms with Gasteiger partial charge in [-0.2, -0.15) is 0 Å². The molecule has 0 aromatic heterocycles. The third kappa shape index (κ3) is 7.34. The minimum absolute atomic E-state index is 0.0177. The Labute approximate surface area is 260 Å². The van der Waals surface area contributed by atoms with Crippen molar-refractivity contribution in [3.63, 3.8) is 0 Å². The number of nitrogens with zero attached hydrogens (tertiary/aromatic N) is 2. The van der Waals surface area contributed by atoms with Crippen LogP contribution in [0.5, 0.6) is 0 Å². The Morgan fingerprint density at radius 2 is 1.59 bits per heavy atom. The summed E-state index contributed by atoms with van der Waals surface area (Å²) < 4.78 is 5.96. The molecule has 2 aliphatic rings. The maximum atomic E-state index is 13.9. The van der Waals surface area contributed by atoms with Gasteiger partial charge in [-0.3, -0.25) is 4.79 Å². The zero-order chi connectivity index (χ0) is 31.4. The maximum absolute atomic E-state index is 13.9. The van der Waals surface area contributed by atoms with Gasteiger partial charge in [0.25, 0.3) is 0 Å². The van der Waals surface area contributed by atoms with Crippen LogP contribution in [0.1, 0.15) is 76.5 Å². The lowest BCUT2D eigenvalue weighted by Crippen LogP contribution is -2.46. The van der Waals surface area contributed by atoms with Gasteiger partial charge in [0.1, 0.15) is 5.60 Å². The number of hydrogen-bond donors (Lipinski definition) is 2. The molecule has 1 aliphatic carbocycles. The zero-order valence-corrected chi connectivity index (χ0v) is 26.2. The lowest BCUT2D eigenvalue weighted by Gasteiger charge is -2.35. The molecule has 0 spiro atoms. The second-order valence-electron chi connectivity index (χ2n) is 13.4. The minimum atomic E-state index is -0.755. The largest absolute Gasteiger partial charge is 0.481 e. The fourth-order valence-electron chi connectivity index (χ4n) is 6.80. The van der Waals surface area contributed by atoms with Gasteiger partial charge in [0.05, 0.1) is 12.0 Å². The number of carboxylic acids is 1. The second-order valence-corrected chi connectivity index (χ2v) is 13.4. The molecule has 3 aromatic rings. The topological polar surface area (TPSA) is 99.2 Å². The number of likely N-dealkylation sites (tertiary alicyclic amines) is 1. The van der Waals surface area contributed by atoms with Gasteiger partial charge in [0, 0.05) is 37.5 Å². The molecule has 8 heteroatoms. The monoisotopic (exact) mass is 599 g/mol. The first kappa shape index (κ1) is 31.4. The van der Waals surface area contributed by atoms with Gasteiger partial charge in [0.15, 0.2) is 0 Å². The van der Waals surface area contributed by atoms with Gasteiger partial charge in [0.2, 0.25) is 0 Å². The maximum Gasteiger partial charge on any atom is 0.410 e. The van der Waals surface area contributed by atoms with Crippen LogP contribution < -0.4 is 5.32 Å². The Bertz CT molecular complexity index is 1460. The predicted molar refractivity (Wildman–Crippen MR) is 171 cm³/mol. The number of carbonyl (C=O) groups excluding carboxylic acids is 2. The van der Waals surface area contributed by atoms with Gasteiger partial charge in [-0.25, -0.2) is 9.59 Å². The quantitative estimate of drug-likeness (QED) is 0.299. The van der Waals surface area contributed by atoms with E-state index in [1.165, 1.54) is 0 Å². The van der Waals surface area contributed by atoms with Gasteiger partial charge in [-0.1, -0.05) is 72.8 Å². The van der Waals surface area contributed by atoms with Crippen LogP contribution in [0.15, 0.2) is 72.8 Å². The van der Waals surface area contributed by atoms with Gasteiger partial charge < -0.3 is 25.0 Å². The van der Waals surface area contributed by atoms with Crippen molar-refractivity contribution in [2.75, 3.05) is 19.6 Å². The number of fused-ring (bicyclic) bond motifs is 1. The number of rotatable bonds is 7. The first-order valence-corrected chi connectivity index (χ1v) is 15.8. The Morgan fingerprint density at radius 1 is 0.932 bits per heavy atom. The van der Waals surface area contributed by atoms with E-state index in [4.69, 9.17) is 4.74 Å². The lowest BCUT2D eigenvalue weighted by atomic mass is 9.86. The second kappa shape index (κ2) is 13.3. The van der Waals surface area contributed by atoms with Crippen LogP contribution in [0.25, 0.3) is 10.8 Å². The Morgan fingerprint density at radius 3 is 2.27 bits per heavy atom. The van der Waals surface area contributed by atoms with Crippen molar-refractivity contribution in [2.24, 2.45) is 11.8 Å². The van der Waals surface area contributed by atoms with Crippen LogP contribution >= 0.6 is 0 Å². The fraction of sp³-hybridized carbons (Fsp3) is 0.472. The summed E-state index contributed by atoms with van der Waals surface area (Å²) in [5.74, 6) is -1.07. The van der Waals surface area contributed by atoms with E-state index in [1.54, 1.807) is 0 Å². The van der Waals surface area contributed by atoms with E-state index < -0.39 is 11.6 Å². The van der Waals surface area contributed by atoms with Crippen molar-refractivity contribution in [2.45, 2.75) is 77.0 Å². The number of benzene rings is 3. The van der Waals surface area contributed by atoms with E-state index in [2.05, 4.69) is 48.6 Å². The molecule has 1 heterocycles. The average Bonchev–Trinajstić information content (AvgIpc) is 3.43. The van der Waals surface area contributed by atoms with Crippen molar-refractivity contribution in [1.29, 1.82) is 0 Å². The summed E-state index contributed by atoms with van der Waals surface area (Å²) in [6, 6.07) is 24.2. The highest BCUT2D eigenvalue weighted by Crippen LogP contribution is 2.37. The van der Waals surface area contributed by atoms with Crippen molar-refractivity contribution < 1.29 is 24.2 Å². The lowest BCUT2D eigenvalue weighted by molar-refractivity contribution is -0.142. The van der Waals surface area contributed by atoms with E-state index >= 15 is 0 Å². The normalized spacial score (nSPS) is 22.8. The Balaban J connectivity index is 1.40. The molecule has 3 atom stereocenters. The highest BCUT2D eigenvalue weighted by atomic mass is 16.6. The fourth-order valence-corrected chi connectivity index (χ4v) is 6.80. The molecule has 3 aromatic carbocycles. The van der Waals surface area contributed by atoms with E-state index in [-0.39, 0.29) is 42.0 Å². The van der Waals surface area contributed by atoms with Gasteiger partial charge >= 0.3 is 18.1 Å². The Hall–Kier alpha value is -4.07. The van der Waals surface area contributed by atoms with Crippen molar-refractivity contribution in [3.8, 4) is 0 Å². The molecule has 234 valence electrons. The number of hydrogen-bond acceptors (Lipinski definition) is 4. The first-order chi connectivity index (χ1) is 21.0.